The van der Waals surface area contributed by atoms with Gasteiger partial charge in [0.25, 0.3) is 0 Å². The third-order valence-electron chi connectivity index (χ3n) is 4.74. The Morgan fingerprint density at radius 1 is 0.765 bits per heavy atom. The summed E-state index contributed by atoms with van der Waals surface area (Å²) in [4.78, 5) is 22.6. The molecular weight excluding hydrogens is 220 g/mol. The lowest BCUT2D eigenvalue weighted by molar-refractivity contribution is -0.164. The van der Waals surface area contributed by atoms with Gasteiger partial charge in [-0.3, -0.25) is 9.59 Å². The highest BCUT2D eigenvalue weighted by atomic mass is 16.4. The van der Waals surface area contributed by atoms with Gasteiger partial charge in [-0.15, -0.1) is 0 Å². The summed E-state index contributed by atoms with van der Waals surface area (Å²) < 4.78 is 0. The van der Waals surface area contributed by atoms with Gasteiger partial charge in [0, 0.05) is 0 Å². The highest BCUT2D eigenvalue weighted by Gasteiger charge is 2.57. The van der Waals surface area contributed by atoms with Crippen LogP contribution in [0.2, 0.25) is 0 Å². The van der Waals surface area contributed by atoms with E-state index in [4.69, 9.17) is 0 Å². The van der Waals surface area contributed by atoms with E-state index in [0.29, 0.717) is 12.8 Å². The van der Waals surface area contributed by atoms with Crippen LogP contribution in [-0.2, 0) is 9.59 Å². The van der Waals surface area contributed by atoms with Crippen molar-refractivity contribution in [2.75, 3.05) is 0 Å². The zero-order valence-electron chi connectivity index (χ0n) is 10.1. The summed E-state index contributed by atoms with van der Waals surface area (Å²) in [6.07, 6.45) is 8.08. The van der Waals surface area contributed by atoms with Gasteiger partial charge in [-0.1, -0.05) is 25.7 Å². The smallest absolute Gasteiger partial charge is 0.321 e. The second kappa shape index (κ2) is 4.31. The van der Waals surface area contributed by atoms with Crippen LogP contribution >= 0.6 is 0 Å². The zero-order valence-corrected chi connectivity index (χ0v) is 10.1. The molecule has 17 heavy (non-hydrogen) atoms. The molecule has 2 fully saturated rings. The maximum absolute atomic E-state index is 11.3. The van der Waals surface area contributed by atoms with Crippen molar-refractivity contribution in [1.82, 2.24) is 0 Å². The van der Waals surface area contributed by atoms with E-state index in [1.807, 2.05) is 0 Å². The van der Waals surface area contributed by atoms with Gasteiger partial charge in [-0.25, -0.2) is 0 Å². The Morgan fingerprint density at radius 3 is 1.71 bits per heavy atom. The van der Waals surface area contributed by atoms with Gasteiger partial charge in [0.1, 0.15) is 0 Å². The molecule has 1 spiro atoms. The average molecular weight is 240 g/mol. The third kappa shape index (κ3) is 2.05. The summed E-state index contributed by atoms with van der Waals surface area (Å²) >= 11 is 0. The molecule has 0 saturated heterocycles. The first-order chi connectivity index (χ1) is 8.01. The number of rotatable bonds is 2. The van der Waals surface area contributed by atoms with Crippen LogP contribution in [0.25, 0.3) is 0 Å². The predicted octanol–water partition coefficient (Wildman–Crippen LogP) is 2.67. The van der Waals surface area contributed by atoms with Crippen molar-refractivity contribution in [3.05, 3.63) is 0 Å². The molecule has 0 bridgehead atoms. The van der Waals surface area contributed by atoms with Crippen LogP contribution in [0.3, 0.4) is 0 Å². The molecule has 2 aliphatic rings. The number of hydrogen-bond acceptors (Lipinski definition) is 2. The predicted molar refractivity (Wildman–Crippen MR) is 61.7 cm³/mol. The fraction of sp³-hybridized carbons (Fsp3) is 0.846. The lowest BCUT2D eigenvalue weighted by Gasteiger charge is -2.29. The topological polar surface area (TPSA) is 74.6 Å². The molecule has 2 aliphatic carbocycles. The average Bonchev–Trinajstić information content (AvgIpc) is 2.49. The summed E-state index contributed by atoms with van der Waals surface area (Å²) in [5.74, 6) is -2.29. The molecule has 0 aromatic rings. The number of hydrogen-bond donors (Lipinski definition) is 2. The molecule has 4 heteroatoms. The number of carbonyl (C=O) groups is 2. The number of carboxylic acids is 2. The standard InChI is InChI=1S/C13H20O4/c14-10(15)13(11(16)17)8-7-12(9-13)5-3-1-2-4-6-12/h1-9H2,(H,14,15)(H,16,17). The molecule has 96 valence electrons. The molecule has 0 heterocycles. The minimum absolute atomic E-state index is 0.00667. The molecular formula is C13H20O4. The van der Waals surface area contributed by atoms with E-state index in [2.05, 4.69) is 0 Å². The number of aliphatic carboxylic acids is 2. The second-order valence-corrected chi connectivity index (χ2v) is 5.78. The third-order valence-corrected chi connectivity index (χ3v) is 4.74. The van der Waals surface area contributed by atoms with E-state index in [1.165, 1.54) is 12.8 Å². The molecule has 4 nitrogen and oxygen atoms in total. The first-order valence-electron chi connectivity index (χ1n) is 6.48. The van der Waals surface area contributed by atoms with Gasteiger partial charge in [0.05, 0.1) is 0 Å². The summed E-state index contributed by atoms with van der Waals surface area (Å²) in [6, 6.07) is 0. The largest absolute Gasteiger partial charge is 0.480 e. The Kier molecular flexibility index (Phi) is 3.15. The minimum Gasteiger partial charge on any atom is -0.480 e. The molecule has 0 aromatic carbocycles. The number of carboxylic acid groups (broad SMARTS) is 2. The molecule has 0 amide bonds. The van der Waals surface area contributed by atoms with Crippen molar-refractivity contribution in [2.24, 2.45) is 10.8 Å². The van der Waals surface area contributed by atoms with Gasteiger partial charge < -0.3 is 10.2 Å². The second-order valence-electron chi connectivity index (χ2n) is 5.78. The monoisotopic (exact) mass is 240 g/mol. The molecule has 0 radical (unpaired) electrons. The quantitative estimate of drug-likeness (QED) is 0.728. The van der Waals surface area contributed by atoms with E-state index in [9.17, 15) is 19.8 Å². The highest BCUT2D eigenvalue weighted by Crippen LogP contribution is 2.55. The Bertz CT molecular complexity index is 312. The maximum Gasteiger partial charge on any atom is 0.321 e. The molecule has 0 atom stereocenters. The Labute approximate surface area is 101 Å². The van der Waals surface area contributed by atoms with Crippen molar-refractivity contribution in [2.45, 2.75) is 57.8 Å². The fourth-order valence-electron chi connectivity index (χ4n) is 3.66. The van der Waals surface area contributed by atoms with E-state index >= 15 is 0 Å². The van der Waals surface area contributed by atoms with Crippen molar-refractivity contribution < 1.29 is 19.8 Å². The van der Waals surface area contributed by atoms with Crippen LogP contribution in [0.1, 0.15) is 57.8 Å². The maximum atomic E-state index is 11.3. The first-order valence-corrected chi connectivity index (χ1v) is 6.48. The molecule has 2 rings (SSSR count). The van der Waals surface area contributed by atoms with Crippen LogP contribution < -0.4 is 0 Å². The molecule has 0 aliphatic heterocycles. The Balaban J connectivity index is 2.21. The molecule has 0 aromatic heterocycles. The van der Waals surface area contributed by atoms with Crippen LogP contribution in [-0.4, -0.2) is 22.2 Å². The van der Waals surface area contributed by atoms with Gasteiger partial charge in [0.15, 0.2) is 5.41 Å². The summed E-state index contributed by atoms with van der Waals surface area (Å²) in [5.41, 5.74) is -1.52. The van der Waals surface area contributed by atoms with E-state index in [0.717, 1.165) is 32.1 Å². The van der Waals surface area contributed by atoms with E-state index < -0.39 is 17.4 Å². The van der Waals surface area contributed by atoms with E-state index in [1.54, 1.807) is 0 Å². The Morgan fingerprint density at radius 2 is 1.29 bits per heavy atom. The first kappa shape index (κ1) is 12.4. The highest BCUT2D eigenvalue weighted by molar-refractivity contribution is 5.98. The van der Waals surface area contributed by atoms with Crippen molar-refractivity contribution in [3.63, 3.8) is 0 Å². The normalized spacial score (nSPS) is 26.6. The SMILES string of the molecule is O=C(O)C1(C(=O)O)CCC2(CCCCCC2)C1. The van der Waals surface area contributed by atoms with Gasteiger partial charge >= 0.3 is 11.9 Å². The van der Waals surface area contributed by atoms with E-state index in [-0.39, 0.29) is 5.41 Å². The van der Waals surface area contributed by atoms with Gasteiger partial charge in [-0.2, -0.15) is 0 Å². The van der Waals surface area contributed by atoms with Crippen LogP contribution in [0.4, 0.5) is 0 Å². The summed E-state index contributed by atoms with van der Waals surface area (Å²) in [5, 5.41) is 18.5. The molecule has 2 saturated carbocycles. The fourth-order valence-corrected chi connectivity index (χ4v) is 3.66. The minimum atomic E-state index is -1.51. The van der Waals surface area contributed by atoms with Gasteiger partial charge in [-0.05, 0) is 37.5 Å². The lowest BCUT2D eigenvalue weighted by atomic mass is 9.75. The lowest BCUT2D eigenvalue weighted by Crippen LogP contribution is -2.38. The molecule has 0 unspecified atom stereocenters. The Hall–Kier alpha value is -1.06. The van der Waals surface area contributed by atoms with Crippen LogP contribution in [0.15, 0.2) is 0 Å². The van der Waals surface area contributed by atoms with Crippen molar-refractivity contribution in [3.8, 4) is 0 Å². The van der Waals surface area contributed by atoms with Crippen molar-refractivity contribution in [1.29, 1.82) is 0 Å². The molecule has 2 N–H and O–H groups in total. The van der Waals surface area contributed by atoms with Crippen LogP contribution in [0.5, 0.6) is 0 Å². The zero-order chi connectivity index (χ0) is 12.5. The van der Waals surface area contributed by atoms with Gasteiger partial charge in [0.2, 0.25) is 0 Å². The summed E-state index contributed by atoms with van der Waals surface area (Å²) in [7, 11) is 0. The van der Waals surface area contributed by atoms with Crippen LogP contribution in [0, 0.1) is 10.8 Å². The summed E-state index contributed by atoms with van der Waals surface area (Å²) in [6.45, 7) is 0. The van der Waals surface area contributed by atoms with Crippen molar-refractivity contribution >= 4 is 11.9 Å².